The van der Waals surface area contributed by atoms with Crippen LogP contribution in [0.2, 0.25) is 0 Å². The SMILES string of the molecule is CC(C)C(NC(=O)c1ccccc1)C(=O)NN. The summed E-state index contributed by atoms with van der Waals surface area (Å²) in [7, 11) is 0. The van der Waals surface area contributed by atoms with Gasteiger partial charge >= 0.3 is 0 Å². The van der Waals surface area contributed by atoms with E-state index in [4.69, 9.17) is 5.84 Å². The zero-order chi connectivity index (χ0) is 12.8. The predicted molar refractivity (Wildman–Crippen MR) is 64.9 cm³/mol. The van der Waals surface area contributed by atoms with Crippen molar-refractivity contribution in [2.45, 2.75) is 19.9 Å². The van der Waals surface area contributed by atoms with Gasteiger partial charge in [-0.2, -0.15) is 0 Å². The summed E-state index contributed by atoms with van der Waals surface area (Å²) in [5.74, 6) is 4.36. The van der Waals surface area contributed by atoms with Crippen molar-refractivity contribution in [3.8, 4) is 0 Å². The summed E-state index contributed by atoms with van der Waals surface area (Å²) in [6, 6.07) is 8.10. The van der Waals surface area contributed by atoms with Crippen LogP contribution in [-0.2, 0) is 4.79 Å². The van der Waals surface area contributed by atoms with Crippen molar-refractivity contribution in [3.63, 3.8) is 0 Å². The van der Waals surface area contributed by atoms with Crippen LogP contribution in [-0.4, -0.2) is 17.9 Å². The maximum absolute atomic E-state index is 11.8. The Bertz CT molecular complexity index is 390. The zero-order valence-corrected chi connectivity index (χ0v) is 9.94. The molecule has 92 valence electrons. The van der Waals surface area contributed by atoms with Crippen molar-refractivity contribution >= 4 is 11.8 Å². The number of rotatable bonds is 4. The molecule has 1 rings (SSSR count). The Kier molecular flexibility index (Phi) is 4.66. The summed E-state index contributed by atoms with van der Waals surface area (Å²) >= 11 is 0. The van der Waals surface area contributed by atoms with Crippen LogP contribution >= 0.6 is 0 Å². The van der Waals surface area contributed by atoms with Gasteiger partial charge in [0.2, 0.25) is 0 Å². The van der Waals surface area contributed by atoms with E-state index in [9.17, 15) is 9.59 Å². The van der Waals surface area contributed by atoms with Crippen LogP contribution in [0.5, 0.6) is 0 Å². The highest BCUT2D eigenvalue weighted by Gasteiger charge is 2.23. The molecular formula is C12H17N3O2. The number of carbonyl (C=O) groups is 2. The highest BCUT2D eigenvalue weighted by atomic mass is 16.2. The number of hydrogen-bond donors (Lipinski definition) is 3. The van der Waals surface area contributed by atoms with Crippen LogP contribution < -0.4 is 16.6 Å². The Morgan fingerprint density at radius 2 is 1.76 bits per heavy atom. The lowest BCUT2D eigenvalue weighted by atomic mass is 10.0. The van der Waals surface area contributed by atoms with Crippen molar-refractivity contribution in [1.82, 2.24) is 10.7 Å². The number of nitrogens with one attached hydrogen (secondary N) is 2. The van der Waals surface area contributed by atoms with E-state index in [1.165, 1.54) is 0 Å². The Hall–Kier alpha value is -1.88. The Morgan fingerprint density at radius 1 is 1.18 bits per heavy atom. The van der Waals surface area contributed by atoms with Crippen LogP contribution in [0.4, 0.5) is 0 Å². The molecule has 1 atom stereocenters. The van der Waals surface area contributed by atoms with Gasteiger partial charge in [-0.25, -0.2) is 5.84 Å². The van der Waals surface area contributed by atoms with Gasteiger partial charge in [0.25, 0.3) is 11.8 Å². The van der Waals surface area contributed by atoms with Crippen molar-refractivity contribution in [1.29, 1.82) is 0 Å². The summed E-state index contributed by atoms with van der Waals surface area (Å²) in [5.41, 5.74) is 2.57. The van der Waals surface area contributed by atoms with E-state index >= 15 is 0 Å². The van der Waals surface area contributed by atoms with Crippen molar-refractivity contribution < 1.29 is 9.59 Å². The standard InChI is InChI=1S/C12H17N3O2/c1-8(2)10(12(17)15-13)14-11(16)9-6-4-3-5-7-9/h3-8,10H,13H2,1-2H3,(H,14,16)(H,15,17). The van der Waals surface area contributed by atoms with Crippen LogP contribution in [0.15, 0.2) is 30.3 Å². The lowest BCUT2D eigenvalue weighted by molar-refractivity contribution is -0.124. The maximum atomic E-state index is 11.8. The fourth-order valence-corrected chi connectivity index (χ4v) is 1.44. The Balaban J connectivity index is 2.75. The van der Waals surface area contributed by atoms with E-state index in [0.29, 0.717) is 5.56 Å². The molecule has 1 aromatic rings. The van der Waals surface area contributed by atoms with Gasteiger partial charge in [-0.05, 0) is 18.1 Å². The third-order valence-corrected chi connectivity index (χ3v) is 2.41. The summed E-state index contributed by atoms with van der Waals surface area (Å²) in [5, 5.41) is 2.65. The van der Waals surface area contributed by atoms with E-state index < -0.39 is 11.9 Å². The molecule has 0 aliphatic heterocycles. The second-order valence-corrected chi connectivity index (χ2v) is 4.07. The largest absolute Gasteiger partial charge is 0.340 e. The van der Waals surface area contributed by atoms with E-state index in [-0.39, 0.29) is 11.8 Å². The zero-order valence-electron chi connectivity index (χ0n) is 9.94. The van der Waals surface area contributed by atoms with Crippen LogP contribution in [0.25, 0.3) is 0 Å². The average molecular weight is 235 g/mol. The summed E-state index contributed by atoms with van der Waals surface area (Å²) in [4.78, 5) is 23.3. The minimum absolute atomic E-state index is 0.0359. The molecular weight excluding hydrogens is 218 g/mol. The number of benzene rings is 1. The van der Waals surface area contributed by atoms with Crippen LogP contribution in [0, 0.1) is 5.92 Å². The van der Waals surface area contributed by atoms with Gasteiger partial charge in [-0.1, -0.05) is 32.0 Å². The van der Waals surface area contributed by atoms with Crippen molar-refractivity contribution in [2.75, 3.05) is 0 Å². The summed E-state index contributed by atoms with van der Waals surface area (Å²) in [6.07, 6.45) is 0. The third-order valence-electron chi connectivity index (χ3n) is 2.41. The molecule has 2 amide bonds. The molecule has 0 heterocycles. The smallest absolute Gasteiger partial charge is 0.256 e. The van der Waals surface area contributed by atoms with Gasteiger partial charge in [-0.15, -0.1) is 0 Å². The van der Waals surface area contributed by atoms with Gasteiger partial charge in [0, 0.05) is 5.56 Å². The highest BCUT2D eigenvalue weighted by Crippen LogP contribution is 2.04. The predicted octanol–water partition coefficient (Wildman–Crippen LogP) is 0.431. The number of hydrazine groups is 1. The Labute approximate surface area is 100 Å². The van der Waals surface area contributed by atoms with Gasteiger partial charge in [0.15, 0.2) is 0 Å². The van der Waals surface area contributed by atoms with E-state index in [2.05, 4.69) is 5.32 Å². The Morgan fingerprint density at radius 3 is 2.24 bits per heavy atom. The summed E-state index contributed by atoms with van der Waals surface area (Å²) < 4.78 is 0. The fraction of sp³-hybridized carbons (Fsp3) is 0.333. The van der Waals surface area contributed by atoms with Crippen molar-refractivity contribution in [3.05, 3.63) is 35.9 Å². The fourth-order valence-electron chi connectivity index (χ4n) is 1.44. The lowest BCUT2D eigenvalue weighted by Crippen LogP contribution is -2.51. The second kappa shape index (κ2) is 6.00. The molecule has 0 bridgehead atoms. The first-order valence-corrected chi connectivity index (χ1v) is 5.42. The third kappa shape index (κ3) is 3.57. The quantitative estimate of drug-likeness (QED) is 0.402. The van der Waals surface area contributed by atoms with Gasteiger partial charge in [0.1, 0.15) is 6.04 Å². The minimum atomic E-state index is -0.632. The molecule has 0 aliphatic carbocycles. The summed E-state index contributed by atoms with van der Waals surface area (Å²) in [6.45, 7) is 3.68. The molecule has 0 spiro atoms. The molecule has 1 aromatic carbocycles. The molecule has 5 nitrogen and oxygen atoms in total. The second-order valence-electron chi connectivity index (χ2n) is 4.07. The number of carbonyl (C=O) groups excluding carboxylic acids is 2. The molecule has 0 saturated heterocycles. The average Bonchev–Trinajstić information content (AvgIpc) is 2.35. The first-order valence-electron chi connectivity index (χ1n) is 5.42. The molecule has 5 heteroatoms. The van der Waals surface area contributed by atoms with E-state index in [0.717, 1.165) is 0 Å². The highest BCUT2D eigenvalue weighted by molar-refractivity contribution is 5.97. The first-order chi connectivity index (χ1) is 8.06. The first kappa shape index (κ1) is 13.2. The number of nitrogens with two attached hydrogens (primary N) is 1. The molecule has 4 N–H and O–H groups in total. The van der Waals surface area contributed by atoms with Gasteiger partial charge in [-0.3, -0.25) is 15.0 Å². The molecule has 0 aromatic heterocycles. The molecule has 1 unspecified atom stereocenters. The minimum Gasteiger partial charge on any atom is -0.340 e. The normalized spacial score (nSPS) is 12.0. The van der Waals surface area contributed by atoms with Crippen LogP contribution in [0.1, 0.15) is 24.2 Å². The molecule has 0 saturated carbocycles. The monoisotopic (exact) mass is 235 g/mol. The topological polar surface area (TPSA) is 84.2 Å². The number of hydrogen-bond acceptors (Lipinski definition) is 3. The van der Waals surface area contributed by atoms with E-state index in [1.807, 2.05) is 25.3 Å². The van der Waals surface area contributed by atoms with Gasteiger partial charge < -0.3 is 5.32 Å². The van der Waals surface area contributed by atoms with Crippen molar-refractivity contribution in [2.24, 2.45) is 11.8 Å². The van der Waals surface area contributed by atoms with E-state index in [1.54, 1.807) is 24.3 Å². The molecule has 0 aliphatic rings. The lowest BCUT2D eigenvalue weighted by Gasteiger charge is -2.20. The molecule has 0 fully saturated rings. The van der Waals surface area contributed by atoms with Crippen LogP contribution in [0.3, 0.4) is 0 Å². The maximum Gasteiger partial charge on any atom is 0.256 e. The molecule has 17 heavy (non-hydrogen) atoms. The number of amides is 2. The van der Waals surface area contributed by atoms with Gasteiger partial charge in [0.05, 0.1) is 0 Å². The molecule has 0 radical (unpaired) electrons.